The minimum Gasteiger partial charge on any atom is -0.309 e. The van der Waals surface area contributed by atoms with Gasteiger partial charge < -0.3 is 5.32 Å². The van der Waals surface area contributed by atoms with Gasteiger partial charge in [0.15, 0.2) is 0 Å². The molecule has 0 radical (unpaired) electrons. The molecule has 0 spiro atoms. The number of nitrogens with one attached hydrogen (secondary N) is 1. The Labute approximate surface area is 112 Å². The van der Waals surface area contributed by atoms with E-state index in [1.54, 1.807) is 12.1 Å². The van der Waals surface area contributed by atoms with Crippen molar-refractivity contribution in [2.24, 2.45) is 0 Å². The van der Waals surface area contributed by atoms with Gasteiger partial charge in [0.25, 0.3) is 0 Å². The van der Waals surface area contributed by atoms with Gasteiger partial charge >= 0.3 is 0 Å². The zero-order chi connectivity index (χ0) is 13.0. The van der Waals surface area contributed by atoms with Gasteiger partial charge in [-0.2, -0.15) is 0 Å². The fraction of sp³-hybridized carbons (Fsp3) is 0.200. The highest BCUT2D eigenvalue weighted by atomic mass is 35.5. The summed E-state index contributed by atoms with van der Waals surface area (Å²) in [5.41, 5.74) is 3.47. The summed E-state index contributed by atoms with van der Waals surface area (Å²) >= 11 is 5.73. The first-order valence-corrected chi connectivity index (χ1v) is 6.23. The monoisotopic (exact) mass is 263 g/mol. The van der Waals surface area contributed by atoms with E-state index in [4.69, 9.17) is 11.6 Å². The molecule has 2 rings (SSSR count). The van der Waals surface area contributed by atoms with Gasteiger partial charge in [-0.3, -0.25) is 0 Å². The molecule has 0 unspecified atom stereocenters. The topological polar surface area (TPSA) is 12.0 Å². The van der Waals surface area contributed by atoms with Gasteiger partial charge in [-0.1, -0.05) is 47.5 Å². The molecular weight excluding hydrogens is 249 g/mol. The van der Waals surface area contributed by atoms with E-state index in [9.17, 15) is 4.39 Å². The molecule has 18 heavy (non-hydrogen) atoms. The van der Waals surface area contributed by atoms with Crippen LogP contribution in [0.3, 0.4) is 0 Å². The smallest absolute Gasteiger partial charge is 0.141 e. The third kappa shape index (κ3) is 3.56. The molecule has 0 bridgehead atoms. The fourth-order valence-electron chi connectivity index (χ4n) is 1.82. The van der Waals surface area contributed by atoms with Crippen LogP contribution in [0.15, 0.2) is 42.5 Å². The molecule has 0 saturated heterocycles. The van der Waals surface area contributed by atoms with Crippen molar-refractivity contribution in [3.63, 3.8) is 0 Å². The van der Waals surface area contributed by atoms with Crippen molar-refractivity contribution in [3.05, 3.63) is 70.0 Å². The third-order valence-electron chi connectivity index (χ3n) is 2.72. The quantitative estimate of drug-likeness (QED) is 0.877. The van der Waals surface area contributed by atoms with Gasteiger partial charge in [-0.15, -0.1) is 0 Å². The van der Waals surface area contributed by atoms with Crippen LogP contribution in [-0.2, 0) is 13.1 Å². The maximum atomic E-state index is 13.0. The Morgan fingerprint density at radius 3 is 2.44 bits per heavy atom. The van der Waals surface area contributed by atoms with Gasteiger partial charge in [0.1, 0.15) is 5.82 Å². The molecule has 0 amide bonds. The number of halogens is 2. The average Bonchev–Trinajstić information content (AvgIpc) is 2.34. The van der Waals surface area contributed by atoms with Crippen LogP contribution in [0, 0.1) is 12.7 Å². The average molecular weight is 264 g/mol. The molecular formula is C15H15ClFN. The van der Waals surface area contributed by atoms with Crippen molar-refractivity contribution < 1.29 is 4.39 Å². The normalized spacial score (nSPS) is 10.6. The van der Waals surface area contributed by atoms with Gasteiger partial charge in [0.2, 0.25) is 0 Å². The van der Waals surface area contributed by atoms with Crippen molar-refractivity contribution in [3.8, 4) is 0 Å². The van der Waals surface area contributed by atoms with E-state index in [2.05, 4.69) is 30.4 Å². The van der Waals surface area contributed by atoms with E-state index in [0.717, 1.165) is 12.1 Å². The third-order valence-corrected chi connectivity index (χ3v) is 3.01. The van der Waals surface area contributed by atoms with Crippen LogP contribution in [-0.4, -0.2) is 0 Å². The number of rotatable bonds is 4. The molecule has 1 N–H and O–H groups in total. The lowest BCUT2D eigenvalue weighted by molar-refractivity contribution is 0.625. The number of hydrogen-bond acceptors (Lipinski definition) is 1. The highest BCUT2D eigenvalue weighted by Crippen LogP contribution is 2.15. The SMILES string of the molecule is Cc1cccc(CNCc2ccc(F)c(Cl)c2)c1. The highest BCUT2D eigenvalue weighted by molar-refractivity contribution is 6.30. The van der Waals surface area contributed by atoms with Gasteiger partial charge in [-0.25, -0.2) is 4.39 Å². The molecule has 0 saturated carbocycles. The lowest BCUT2D eigenvalue weighted by Crippen LogP contribution is -2.12. The summed E-state index contributed by atoms with van der Waals surface area (Å²) in [7, 11) is 0. The predicted octanol–water partition coefficient (Wildman–Crippen LogP) is 4.08. The van der Waals surface area contributed by atoms with Gasteiger partial charge in [0, 0.05) is 13.1 Å². The molecule has 3 heteroatoms. The molecule has 0 aliphatic carbocycles. The van der Waals surface area contributed by atoms with Crippen LogP contribution in [0.5, 0.6) is 0 Å². The number of benzene rings is 2. The van der Waals surface area contributed by atoms with Crippen LogP contribution >= 0.6 is 11.6 Å². The van der Waals surface area contributed by atoms with E-state index < -0.39 is 0 Å². The molecule has 0 aliphatic rings. The first kappa shape index (κ1) is 13.1. The van der Waals surface area contributed by atoms with E-state index in [-0.39, 0.29) is 10.8 Å². The zero-order valence-electron chi connectivity index (χ0n) is 10.2. The Hall–Kier alpha value is -1.38. The number of hydrogen-bond donors (Lipinski definition) is 1. The second-order valence-corrected chi connectivity index (χ2v) is 4.75. The Morgan fingerprint density at radius 2 is 1.78 bits per heavy atom. The van der Waals surface area contributed by atoms with Crippen LogP contribution in [0.2, 0.25) is 5.02 Å². The van der Waals surface area contributed by atoms with Gasteiger partial charge in [0.05, 0.1) is 5.02 Å². The lowest BCUT2D eigenvalue weighted by Gasteiger charge is -2.06. The molecule has 0 heterocycles. The largest absolute Gasteiger partial charge is 0.309 e. The summed E-state index contributed by atoms with van der Waals surface area (Å²) in [5, 5.41) is 3.48. The Bertz CT molecular complexity index is 540. The molecule has 94 valence electrons. The Morgan fingerprint density at radius 1 is 1.06 bits per heavy atom. The second-order valence-electron chi connectivity index (χ2n) is 4.34. The fourth-order valence-corrected chi connectivity index (χ4v) is 2.03. The molecule has 0 aliphatic heterocycles. The van der Waals surface area contributed by atoms with Crippen molar-refractivity contribution in [1.82, 2.24) is 5.32 Å². The van der Waals surface area contributed by atoms with E-state index >= 15 is 0 Å². The van der Waals surface area contributed by atoms with E-state index in [1.165, 1.54) is 17.2 Å². The van der Waals surface area contributed by atoms with Crippen molar-refractivity contribution in [2.75, 3.05) is 0 Å². The maximum Gasteiger partial charge on any atom is 0.141 e. The predicted molar refractivity (Wildman–Crippen MR) is 73.1 cm³/mol. The summed E-state index contributed by atoms with van der Waals surface area (Å²) in [6.07, 6.45) is 0. The molecule has 0 atom stereocenters. The van der Waals surface area contributed by atoms with Crippen molar-refractivity contribution in [1.29, 1.82) is 0 Å². The molecule has 0 aromatic heterocycles. The Balaban J connectivity index is 1.90. The summed E-state index contributed by atoms with van der Waals surface area (Å²) in [6, 6.07) is 13.1. The summed E-state index contributed by atoms with van der Waals surface area (Å²) in [4.78, 5) is 0. The first-order chi connectivity index (χ1) is 8.65. The highest BCUT2D eigenvalue weighted by Gasteiger charge is 2.00. The molecule has 0 fully saturated rings. The van der Waals surface area contributed by atoms with E-state index in [0.29, 0.717) is 6.54 Å². The minimum absolute atomic E-state index is 0.171. The second kappa shape index (κ2) is 5.98. The van der Waals surface area contributed by atoms with Crippen LogP contribution in [0.1, 0.15) is 16.7 Å². The molecule has 2 aromatic carbocycles. The number of aryl methyl sites for hydroxylation is 1. The lowest BCUT2D eigenvalue weighted by atomic mass is 10.1. The molecule has 1 nitrogen and oxygen atoms in total. The van der Waals surface area contributed by atoms with Crippen molar-refractivity contribution in [2.45, 2.75) is 20.0 Å². The summed E-state index contributed by atoms with van der Waals surface area (Å²) in [6.45, 7) is 3.54. The van der Waals surface area contributed by atoms with E-state index in [1.807, 2.05) is 6.07 Å². The standard InChI is InChI=1S/C15H15ClFN/c1-11-3-2-4-12(7-11)9-18-10-13-5-6-15(17)14(16)8-13/h2-8,18H,9-10H2,1H3. The molecule has 2 aromatic rings. The maximum absolute atomic E-state index is 13.0. The van der Waals surface area contributed by atoms with Crippen molar-refractivity contribution >= 4 is 11.6 Å². The van der Waals surface area contributed by atoms with Crippen LogP contribution in [0.4, 0.5) is 4.39 Å². The first-order valence-electron chi connectivity index (χ1n) is 5.85. The van der Waals surface area contributed by atoms with Crippen LogP contribution in [0.25, 0.3) is 0 Å². The Kier molecular flexibility index (Phi) is 4.34. The summed E-state index contributed by atoms with van der Waals surface area (Å²) in [5.74, 6) is -0.376. The zero-order valence-corrected chi connectivity index (χ0v) is 11.0. The van der Waals surface area contributed by atoms with Gasteiger partial charge in [-0.05, 0) is 30.2 Å². The van der Waals surface area contributed by atoms with Crippen LogP contribution < -0.4 is 5.32 Å². The summed E-state index contributed by atoms with van der Waals surface area (Å²) < 4.78 is 13.0. The minimum atomic E-state index is -0.376.